The monoisotopic (exact) mass is 219 g/mol. The Labute approximate surface area is 95.1 Å². The first-order valence-electron chi connectivity index (χ1n) is 5.34. The van der Waals surface area contributed by atoms with Gasteiger partial charge in [0.25, 0.3) is 0 Å². The Kier molecular flexibility index (Phi) is 3.22. The predicted molar refractivity (Wildman–Crippen MR) is 65.4 cm³/mol. The van der Waals surface area contributed by atoms with Gasteiger partial charge in [-0.2, -0.15) is 0 Å². The number of fused-ring (bicyclic) bond motifs is 1. The number of hydrogen-bond donors (Lipinski definition) is 0. The van der Waals surface area contributed by atoms with Crippen molar-refractivity contribution in [3.8, 4) is 0 Å². The fourth-order valence-electron chi connectivity index (χ4n) is 1.70. The van der Waals surface area contributed by atoms with Crippen molar-refractivity contribution in [1.82, 2.24) is 4.98 Å². The topological polar surface area (TPSA) is 12.9 Å². The van der Waals surface area contributed by atoms with Gasteiger partial charge in [-0.25, -0.2) is 0 Å². The third-order valence-electron chi connectivity index (χ3n) is 2.57. The van der Waals surface area contributed by atoms with Crippen molar-refractivity contribution in [2.24, 2.45) is 0 Å². The molecule has 0 aliphatic heterocycles. The number of nitrogens with zero attached hydrogens (tertiary/aromatic N) is 1. The summed E-state index contributed by atoms with van der Waals surface area (Å²) < 4.78 is 0. The maximum Gasteiger partial charge on any atom is 0.0717 e. The lowest BCUT2D eigenvalue weighted by molar-refractivity contribution is 0.796. The summed E-state index contributed by atoms with van der Waals surface area (Å²) in [5.41, 5.74) is 2.32. The molecule has 2 aromatic rings. The van der Waals surface area contributed by atoms with Gasteiger partial charge < -0.3 is 0 Å². The molecular weight excluding hydrogens is 206 g/mol. The quantitative estimate of drug-likeness (QED) is 0.753. The Morgan fingerprint density at radius 2 is 2.13 bits per heavy atom. The van der Waals surface area contributed by atoms with E-state index in [-0.39, 0.29) is 0 Å². The molecule has 0 N–H and O–H groups in total. The fourth-order valence-corrected chi connectivity index (χ4v) is 1.90. The van der Waals surface area contributed by atoms with E-state index in [1.807, 2.05) is 12.1 Å². The molecular formula is C13H14ClN. The fraction of sp³-hybridized carbons (Fsp3) is 0.308. The predicted octanol–water partition coefficient (Wildman–Crippen LogP) is 4.23. The highest BCUT2D eigenvalue weighted by atomic mass is 35.5. The van der Waals surface area contributed by atoms with Gasteiger partial charge in [0, 0.05) is 11.6 Å². The van der Waals surface area contributed by atoms with Gasteiger partial charge in [0.15, 0.2) is 0 Å². The Hall–Kier alpha value is -1.08. The lowest BCUT2D eigenvalue weighted by atomic mass is 10.1. The summed E-state index contributed by atoms with van der Waals surface area (Å²) in [5.74, 6) is 0. The smallest absolute Gasteiger partial charge is 0.0717 e. The van der Waals surface area contributed by atoms with Crippen molar-refractivity contribution in [3.63, 3.8) is 0 Å². The summed E-state index contributed by atoms with van der Waals surface area (Å²) in [5, 5.41) is 1.85. The highest BCUT2D eigenvalue weighted by Crippen LogP contribution is 2.23. The minimum absolute atomic E-state index is 0.790. The first-order chi connectivity index (χ1) is 7.31. The van der Waals surface area contributed by atoms with Gasteiger partial charge in [0.2, 0.25) is 0 Å². The lowest BCUT2D eigenvalue weighted by Gasteiger charge is -2.03. The van der Waals surface area contributed by atoms with E-state index in [4.69, 9.17) is 11.6 Å². The van der Waals surface area contributed by atoms with Crippen LogP contribution in [-0.4, -0.2) is 4.98 Å². The SMILES string of the molecule is CCCCc1ccc2nccc(Cl)c2c1. The van der Waals surface area contributed by atoms with E-state index in [2.05, 4.69) is 24.0 Å². The number of benzene rings is 1. The molecule has 0 radical (unpaired) electrons. The zero-order valence-corrected chi connectivity index (χ0v) is 9.59. The molecule has 0 bridgehead atoms. The second-order valence-electron chi connectivity index (χ2n) is 3.75. The first kappa shape index (κ1) is 10.4. The van der Waals surface area contributed by atoms with Gasteiger partial charge >= 0.3 is 0 Å². The van der Waals surface area contributed by atoms with E-state index in [1.54, 1.807) is 6.20 Å². The maximum atomic E-state index is 6.12. The van der Waals surface area contributed by atoms with Crippen molar-refractivity contribution in [2.75, 3.05) is 0 Å². The Balaban J connectivity index is 2.41. The lowest BCUT2D eigenvalue weighted by Crippen LogP contribution is -1.86. The molecule has 0 spiro atoms. The largest absolute Gasteiger partial charge is 0.256 e. The standard InChI is InChI=1S/C13H14ClN/c1-2-3-4-10-5-6-13-11(9-10)12(14)7-8-15-13/h5-9H,2-4H2,1H3. The third-order valence-corrected chi connectivity index (χ3v) is 2.90. The molecule has 0 saturated heterocycles. The minimum atomic E-state index is 0.790. The molecule has 0 atom stereocenters. The molecule has 1 aromatic heterocycles. The third kappa shape index (κ3) is 2.29. The number of aromatic nitrogens is 1. The van der Waals surface area contributed by atoms with Crippen LogP contribution in [0.2, 0.25) is 5.02 Å². The molecule has 0 saturated carbocycles. The average Bonchev–Trinajstić information content (AvgIpc) is 2.27. The minimum Gasteiger partial charge on any atom is -0.256 e. The second kappa shape index (κ2) is 4.63. The van der Waals surface area contributed by atoms with Crippen LogP contribution in [0.25, 0.3) is 10.9 Å². The Bertz CT molecular complexity index is 465. The van der Waals surface area contributed by atoms with Crippen LogP contribution < -0.4 is 0 Å². The second-order valence-corrected chi connectivity index (χ2v) is 4.16. The molecule has 0 amide bonds. The van der Waals surface area contributed by atoms with Gasteiger partial charge in [-0.3, -0.25) is 4.98 Å². The van der Waals surface area contributed by atoms with Crippen LogP contribution >= 0.6 is 11.6 Å². The van der Waals surface area contributed by atoms with E-state index >= 15 is 0 Å². The summed E-state index contributed by atoms with van der Waals surface area (Å²) in [6.07, 6.45) is 5.32. The summed E-state index contributed by atoms with van der Waals surface area (Å²) in [4.78, 5) is 4.28. The molecule has 15 heavy (non-hydrogen) atoms. The maximum absolute atomic E-state index is 6.12. The van der Waals surface area contributed by atoms with Crippen LogP contribution in [0, 0.1) is 0 Å². The van der Waals surface area contributed by atoms with Gasteiger partial charge in [0.05, 0.1) is 10.5 Å². The van der Waals surface area contributed by atoms with Crippen molar-refractivity contribution < 1.29 is 0 Å². The van der Waals surface area contributed by atoms with Crippen molar-refractivity contribution in [2.45, 2.75) is 26.2 Å². The van der Waals surface area contributed by atoms with Crippen LogP contribution in [0.15, 0.2) is 30.5 Å². The summed E-state index contributed by atoms with van der Waals surface area (Å²) >= 11 is 6.12. The van der Waals surface area contributed by atoms with Crippen LogP contribution in [0.1, 0.15) is 25.3 Å². The Morgan fingerprint density at radius 3 is 2.93 bits per heavy atom. The number of aryl methyl sites for hydroxylation is 1. The molecule has 1 nitrogen and oxygen atoms in total. The van der Waals surface area contributed by atoms with E-state index in [0.717, 1.165) is 22.3 Å². The zero-order chi connectivity index (χ0) is 10.7. The summed E-state index contributed by atoms with van der Waals surface area (Å²) in [6.45, 7) is 2.20. The van der Waals surface area contributed by atoms with Gasteiger partial charge in [-0.05, 0) is 36.6 Å². The summed E-state index contributed by atoms with van der Waals surface area (Å²) in [6, 6.07) is 8.18. The van der Waals surface area contributed by atoms with E-state index in [9.17, 15) is 0 Å². The van der Waals surface area contributed by atoms with E-state index in [0.29, 0.717) is 0 Å². The van der Waals surface area contributed by atoms with Gasteiger partial charge in [-0.1, -0.05) is 31.0 Å². The van der Waals surface area contributed by atoms with Crippen molar-refractivity contribution >= 4 is 22.5 Å². The van der Waals surface area contributed by atoms with E-state index < -0.39 is 0 Å². The zero-order valence-electron chi connectivity index (χ0n) is 8.83. The molecule has 78 valence electrons. The molecule has 1 aromatic carbocycles. The highest BCUT2D eigenvalue weighted by Gasteiger charge is 2.00. The van der Waals surface area contributed by atoms with Crippen LogP contribution in [0.5, 0.6) is 0 Å². The number of pyridine rings is 1. The van der Waals surface area contributed by atoms with Crippen LogP contribution in [0.4, 0.5) is 0 Å². The van der Waals surface area contributed by atoms with Gasteiger partial charge in [-0.15, -0.1) is 0 Å². The molecule has 0 aliphatic carbocycles. The van der Waals surface area contributed by atoms with Crippen molar-refractivity contribution in [3.05, 3.63) is 41.0 Å². The van der Waals surface area contributed by atoms with Crippen LogP contribution in [-0.2, 0) is 6.42 Å². The van der Waals surface area contributed by atoms with E-state index in [1.165, 1.54) is 18.4 Å². The molecule has 0 fully saturated rings. The summed E-state index contributed by atoms with van der Waals surface area (Å²) in [7, 11) is 0. The highest BCUT2D eigenvalue weighted by molar-refractivity contribution is 6.35. The number of unbranched alkanes of at least 4 members (excludes halogenated alkanes) is 1. The Morgan fingerprint density at radius 1 is 1.27 bits per heavy atom. The molecule has 2 rings (SSSR count). The first-order valence-corrected chi connectivity index (χ1v) is 5.72. The molecule has 0 aliphatic rings. The average molecular weight is 220 g/mol. The molecule has 2 heteroatoms. The molecule has 1 heterocycles. The normalized spacial score (nSPS) is 10.8. The molecule has 0 unspecified atom stereocenters. The number of hydrogen-bond acceptors (Lipinski definition) is 1. The van der Waals surface area contributed by atoms with Gasteiger partial charge in [0.1, 0.15) is 0 Å². The van der Waals surface area contributed by atoms with Crippen molar-refractivity contribution in [1.29, 1.82) is 0 Å². The number of halogens is 1. The number of rotatable bonds is 3. The van der Waals surface area contributed by atoms with Crippen LogP contribution in [0.3, 0.4) is 0 Å².